The molecule has 0 aliphatic carbocycles. The van der Waals surface area contributed by atoms with E-state index in [2.05, 4.69) is 15.9 Å². The molecular weight excluding hydrogens is 344 g/mol. The Morgan fingerprint density at radius 1 is 1.14 bits per heavy atom. The van der Waals surface area contributed by atoms with Gasteiger partial charge in [-0.25, -0.2) is 0 Å². The quantitative estimate of drug-likeness (QED) is 0.666. The summed E-state index contributed by atoms with van der Waals surface area (Å²) < 4.78 is 12.3. The van der Waals surface area contributed by atoms with E-state index in [1.165, 1.54) is 0 Å². The summed E-state index contributed by atoms with van der Waals surface area (Å²) in [7, 11) is 0. The summed E-state index contributed by atoms with van der Waals surface area (Å²) in [6.45, 7) is 4.31. The smallest absolute Gasteiger partial charge is 0.200 e. The van der Waals surface area contributed by atoms with Gasteiger partial charge >= 0.3 is 0 Å². The van der Waals surface area contributed by atoms with Crippen molar-refractivity contribution in [2.24, 2.45) is 0 Å². The molecule has 0 aliphatic rings. The largest absolute Gasteiger partial charge is 0.494 e. The van der Waals surface area contributed by atoms with Gasteiger partial charge in [-0.15, -0.1) is 0 Å². The monoisotopic (exact) mass is 358 g/mol. The normalized spacial score (nSPS) is 10.9. The highest BCUT2D eigenvalue weighted by Gasteiger charge is 2.14. The van der Waals surface area contributed by atoms with E-state index in [4.69, 9.17) is 9.15 Å². The van der Waals surface area contributed by atoms with Gasteiger partial charge in [0.25, 0.3) is 0 Å². The van der Waals surface area contributed by atoms with Crippen LogP contribution in [-0.4, -0.2) is 6.61 Å². The molecule has 0 N–H and O–H groups in total. The first kappa shape index (κ1) is 14.9. The van der Waals surface area contributed by atoms with Gasteiger partial charge in [-0.3, -0.25) is 4.79 Å². The Hall–Kier alpha value is -2.07. The number of hydrogen-bond donors (Lipinski definition) is 0. The van der Waals surface area contributed by atoms with Crippen LogP contribution in [0.2, 0.25) is 0 Å². The molecule has 0 aliphatic heterocycles. The molecule has 0 saturated carbocycles. The molecule has 0 unspecified atom stereocenters. The minimum Gasteiger partial charge on any atom is -0.494 e. The molecule has 1 aromatic heterocycles. The summed E-state index contributed by atoms with van der Waals surface area (Å²) in [6, 6.07) is 13.0. The molecule has 0 amide bonds. The molecule has 0 spiro atoms. The van der Waals surface area contributed by atoms with Crippen molar-refractivity contribution in [3.05, 3.63) is 62.9 Å². The second kappa shape index (κ2) is 5.97. The van der Waals surface area contributed by atoms with Crippen LogP contribution >= 0.6 is 15.9 Å². The predicted octanol–water partition coefficient (Wildman–Crippen LogP) is 4.93. The molecule has 3 rings (SSSR count). The van der Waals surface area contributed by atoms with Crippen LogP contribution in [0, 0.1) is 6.92 Å². The molecule has 4 heteroatoms. The van der Waals surface area contributed by atoms with Gasteiger partial charge in [0.1, 0.15) is 17.1 Å². The first-order valence-electron chi connectivity index (χ1n) is 7.06. The SMILES string of the molecule is CCOc1ccc2c(=O)c(-c3ccc(Br)cc3)c(C)oc2c1. The first-order valence-corrected chi connectivity index (χ1v) is 7.85. The van der Waals surface area contributed by atoms with Gasteiger partial charge in [0.2, 0.25) is 5.43 Å². The van der Waals surface area contributed by atoms with Crippen molar-refractivity contribution in [1.29, 1.82) is 0 Å². The van der Waals surface area contributed by atoms with Crippen LogP contribution in [0.4, 0.5) is 0 Å². The number of fused-ring (bicyclic) bond motifs is 1. The molecule has 22 heavy (non-hydrogen) atoms. The third-order valence-electron chi connectivity index (χ3n) is 3.48. The van der Waals surface area contributed by atoms with Crippen molar-refractivity contribution in [3.63, 3.8) is 0 Å². The second-order valence-electron chi connectivity index (χ2n) is 4.96. The van der Waals surface area contributed by atoms with Crippen LogP contribution in [0.3, 0.4) is 0 Å². The van der Waals surface area contributed by atoms with Crippen molar-refractivity contribution in [2.75, 3.05) is 6.61 Å². The van der Waals surface area contributed by atoms with Crippen LogP contribution < -0.4 is 10.2 Å². The van der Waals surface area contributed by atoms with Crippen molar-refractivity contribution < 1.29 is 9.15 Å². The van der Waals surface area contributed by atoms with E-state index in [-0.39, 0.29) is 5.43 Å². The van der Waals surface area contributed by atoms with Gasteiger partial charge in [-0.2, -0.15) is 0 Å². The molecule has 3 aromatic rings. The van der Waals surface area contributed by atoms with Crippen molar-refractivity contribution in [3.8, 4) is 16.9 Å². The van der Waals surface area contributed by atoms with E-state index in [9.17, 15) is 4.79 Å². The van der Waals surface area contributed by atoms with E-state index < -0.39 is 0 Å². The molecule has 2 aromatic carbocycles. The lowest BCUT2D eigenvalue weighted by Crippen LogP contribution is -2.07. The highest BCUT2D eigenvalue weighted by Crippen LogP contribution is 2.27. The molecule has 112 valence electrons. The van der Waals surface area contributed by atoms with Crippen LogP contribution in [0.5, 0.6) is 5.75 Å². The summed E-state index contributed by atoms with van der Waals surface area (Å²) in [5, 5.41) is 0.562. The summed E-state index contributed by atoms with van der Waals surface area (Å²) in [6.07, 6.45) is 0. The second-order valence-corrected chi connectivity index (χ2v) is 5.88. The van der Waals surface area contributed by atoms with E-state index in [1.807, 2.05) is 38.1 Å². The summed E-state index contributed by atoms with van der Waals surface area (Å²) in [5.41, 5.74) is 1.98. The molecule has 0 atom stereocenters. The van der Waals surface area contributed by atoms with E-state index in [1.54, 1.807) is 18.2 Å². The van der Waals surface area contributed by atoms with Gasteiger partial charge in [-0.1, -0.05) is 28.1 Å². The minimum atomic E-state index is -0.0240. The maximum Gasteiger partial charge on any atom is 0.200 e. The van der Waals surface area contributed by atoms with Crippen molar-refractivity contribution in [2.45, 2.75) is 13.8 Å². The molecule has 0 saturated heterocycles. The van der Waals surface area contributed by atoms with Crippen molar-refractivity contribution >= 4 is 26.9 Å². The Morgan fingerprint density at radius 2 is 1.86 bits per heavy atom. The summed E-state index contributed by atoms with van der Waals surface area (Å²) >= 11 is 3.40. The van der Waals surface area contributed by atoms with Gasteiger partial charge in [0.05, 0.1) is 17.6 Å². The molecule has 1 heterocycles. The predicted molar refractivity (Wildman–Crippen MR) is 91.5 cm³/mol. The summed E-state index contributed by atoms with van der Waals surface area (Å²) in [4.78, 5) is 12.8. The molecule has 0 fully saturated rings. The maximum atomic E-state index is 12.8. The lowest BCUT2D eigenvalue weighted by Gasteiger charge is -2.09. The average molecular weight is 359 g/mol. The first-order chi connectivity index (χ1) is 10.6. The van der Waals surface area contributed by atoms with Crippen LogP contribution in [0.15, 0.2) is 56.1 Å². The Bertz CT molecular complexity index is 879. The molecule has 3 nitrogen and oxygen atoms in total. The zero-order valence-corrected chi connectivity index (χ0v) is 13.9. The molecule has 0 bridgehead atoms. The van der Waals surface area contributed by atoms with E-state index in [0.29, 0.717) is 34.6 Å². The van der Waals surface area contributed by atoms with Crippen LogP contribution in [-0.2, 0) is 0 Å². The fourth-order valence-electron chi connectivity index (χ4n) is 2.49. The third-order valence-corrected chi connectivity index (χ3v) is 4.01. The minimum absolute atomic E-state index is 0.0240. The third kappa shape index (κ3) is 2.66. The number of rotatable bonds is 3. The highest BCUT2D eigenvalue weighted by molar-refractivity contribution is 9.10. The van der Waals surface area contributed by atoms with Gasteiger partial charge in [-0.05, 0) is 43.7 Å². The lowest BCUT2D eigenvalue weighted by atomic mass is 10.0. The van der Waals surface area contributed by atoms with Gasteiger partial charge in [0.15, 0.2) is 0 Å². The number of ether oxygens (including phenoxy) is 1. The lowest BCUT2D eigenvalue weighted by molar-refractivity contribution is 0.340. The van der Waals surface area contributed by atoms with Gasteiger partial charge < -0.3 is 9.15 Å². The Morgan fingerprint density at radius 3 is 2.55 bits per heavy atom. The number of halogens is 1. The molecular formula is C18H15BrO3. The zero-order chi connectivity index (χ0) is 15.7. The zero-order valence-electron chi connectivity index (χ0n) is 12.4. The Kier molecular flexibility index (Phi) is 4.03. The highest BCUT2D eigenvalue weighted by atomic mass is 79.9. The van der Waals surface area contributed by atoms with E-state index in [0.717, 1.165) is 10.0 Å². The number of benzene rings is 2. The van der Waals surface area contributed by atoms with Gasteiger partial charge in [0, 0.05) is 10.5 Å². The standard InChI is InChI=1S/C18H15BrO3/c1-3-21-14-8-9-15-16(10-14)22-11(2)17(18(15)20)12-4-6-13(19)7-5-12/h4-10H,3H2,1-2H3. The Labute approximate surface area is 136 Å². The Balaban J connectivity index is 2.22. The molecule has 0 radical (unpaired) electrons. The van der Waals surface area contributed by atoms with E-state index >= 15 is 0 Å². The summed E-state index contributed by atoms with van der Waals surface area (Å²) in [5.74, 6) is 1.31. The number of hydrogen-bond acceptors (Lipinski definition) is 3. The maximum absolute atomic E-state index is 12.8. The fourth-order valence-corrected chi connectivity index (χ4v) is 2.76. The van der Waals surface area contributed by atoms with Crippen molar-refractivity contribution in [1.82, 2.24) is 0 Å². The average Bonchev–Trinajstić information content (AvgIpc) is 2.49. The number of aryl methyl sites for hydroxylation is 1. The van der Waals surface area contributed by atoms with Crippen LogP contribution in [0.1, 0.15) is 12.7 Å². The van der Waals surface area contributed by atoms with Crippen LogP contribution in [0.25, 0.3) is 22.1 Å². The topological polar surface area (TPSA) is 39.4 Å². The fraction of sp³-hybridized carbons (Fsp3) is 0.167.